The van der Waals surface area contributed by atoms with Gasteiger partial charge in [-0.05, 0) is 94.0 Å². The first kappa shape index (κ1) is 16.1. The van der Waals surface area contributed by atoms with Crippen molar-refractivity contribution in [3.63, 3.8) is 0 Å². The van der Waals surface area contributed by atoms with Crippen LogP contribution in [0.2, 0.25) is 0 Å². The number of thiocarbonyl (C=S) groups is 1. The van der Waals surface area contributed by atoms with Crippen LogP contribution in [0.5, 0.6) is 0 Å². The zero-order valence-corrected chi connectivity index (χ0v) is 15.3. The Morgan fingerprint density at radius 2 is 1.50 bits per heavy atom. The molecule has 4 aliphatic rings. The molecule has 0 unspecified atom stereocenters. The van der Waals surface area contributed by atoms with Crippen molar-refractivity contribution in [1.82, 2.24) is 10.6 Å². The zero-order chi connectivity index (χ0) is 16.8. The van der Waals surface area contributed by atoms with E-state index in [0.29, 0.717) is 16.7 Å². The van der Waals surface area contributed by atoms with E-state index in [4.69, 9.17) is 12.2 Å². The maximum absolute atomic E-state index is 12.5. The molecule has 4 heteroatoms. The summed E-state index contributed by atoms with van der Waals surface area (Å²) < 4.78 is 0. The van der Waals surface area contributed by atoms with Crippen LogP contribution in [-0.4, -0.2) is 17.1 Å². The smallest absolute Gasteiger partial charge is 0.257 e. The van der Waals surface area contributed by atoms with Gasteiger partial charge in [-0.3, -0.25) is 10.1 Å². The minimum absolute atomic E-state index is 0.108. The molecule has 2 N–H and O–H groups in total. The minimum atomic E-state index is -0.108. The first-order chi connectivity index (χ1) is 11.5. The van der Waals surface area contributed by atoms with Gasteiger partial charge in [-0.15, -0.1) is 0 Å². The first-order valence-electron chi connectivity index (χ1n) is 9.18. The molecule has 0 aromatic heterocycles. The maximum Gasteiger partial charge on any atom is 0.257 e. The van der Waals surface area contributed by atoms with Crippen LogP contribution in [0.1, 0.15) is 53.6 Å². The Morgan fingerprint density at radius 1 is 0.958 bits per heavy atom. The summed E-state index contributed by atoms with van der Waals surface area (Å²) in [7, 11) is 0. The third-order valence-corrected chi connectivity index (χ3v) is 6.46. The molecule has 0 saturated heterocycles. The predicted octanol–water partition coefficient (Wildman–Crippen LogP) is 3.73. The lowest BCUT2D eigenvalue weighted by molar-refractivity contribution is -0.00692. The Kier molecular flexibility index (Phi) is 4.11. The largest absolute Gasteiger partial charge is 0.359 e. The molecular formula is C20H26N2OS. The van der Waals surface area contributed by atoms with Gasteiger partial charge in [0.05, 0.1) is 0 Å². The van der Waals surface area contributed by atoms with Gasteiger partial charge in [-0.1, -0.05) is 17.2 Å². The van der Waals surface area contributed by atoms with Crippen LogP contribution in [-0.2, 0) is 0 Å². The fourth-order valence-electron chi connectivity index (χ4n) is 5.63. The second-order valence-electron chi connectivity index (χ2n) is 8.26. The number of hydrogen-bond acceptors (Lipinski definition) is 2. The number of amides is 1. The van der Waals surface area contributed by atoms with E-state index >= 15 is 0 Å². The SMILES string of the molecule is Cc1cc(C)cc(C(=O)NC(=S)NC2C3CC4CC(C3)CC2C4)c1. The molecule has 4 fully saturated rings. The summed E-state index contributed by atoms with van der Waals surface area (Å²) in [6.45, 7) is 4.02. The van der Waals surface area contributed by atoms with Crippen LogP contribution in [0.25, 0.3) is 0 Å². The molecule has 1 amide bonds. The summed E-state index contributed by atoms with van der Waals surface area (Å²) in [5.74, 6) is 3.28. The molecular weight excluding hydrogens is 316 g/mol. The molecule has 1 aromatic carbocycles. The van der Waals surface area contributed by atoms with Crippen LogP contribution in [0.15, 0.2) is 18.2 Å². The van der Waals surface area contributed by atoms with Crippen molar-refractivity contribution in [1.29, 1.82) is 0 Å². The van der Waals surface area contributed by atoms with Crippen molar-refractivity contribution in [3.8, 4) is 0 Å². The Labute approximate surface area is 149 Å². The Bertz CT molecular complexity index is 636. The average Bonchev–Trinajstić information content (AvgIpc) is 2.49. The van der Waals surface area contributed by atoms with Gasteiger partial charge in [0.25, 0.3) is 5.91 Å². The topological polar surface area (TPSA) is 41.1 Å². The molecule has 0 heterocycles. The van der Waals surface area contributed by atoms with Crippen LogP contribution in [0.3, 0.4) is 0 Å². The number of benzene rings is 1. The Morgan fingerprint density at radius 3 is 2.04 bits per heavy atom. The minimum Gasteiger partial charge on any atom is -0.359 e. The van der Waals surface area contributed by atoms with Crippen molar-refractivity contribution in [2.24, 2.45) is 23.7 Å². The van der Waals surface area contributed by atoms with Gasteiger partial charge in [-0.2, -0.15) is 0 Å². The Balaban J connectivity index is 1.39. The molecule has 24 heavy (non-hydrogen) atoms. The summed E-state index contributed by atoms with van der Waals surface area (Å²) in [5, 5.41) is 6.88. The van der Waals surface area contributed by atoms with Crippen molar-refractivity contribution in [2.45, 2.75) is 52.0 Å². The molecule has 0 radical (unpaired) electrons. The van der Waals surface area contributed by atoms with E-state index in [-0.39, 0.29) is 5.91 Å². The number of aryl methyl sites for hydroxylation is 2. The van der Waals surface area contributed by atoms with Crippen LogP contribution in [0.4, 0.5) is 0 Å². The van der Waals surface area contributed by atoms with E-state index < -0.39 is 0 Å². The zero-order valence-electron chi connectivity index (χ0n) is 14.5. The van der Waals surface area contributed by atoms with E-state index in [0.717, 1.165) is 34.8 Å². The highest BCUT2D eigenvalue weighted by Crippen LogP contribution is 2.53. The standard InChI is InChI=1S/C20H26N2OS/c1-11-3-12(2)5-17(4-11)19(23)22-20(24)21-18-15-7-13-6-14(9-15)10-16(18)8-13/h3-5,13-16,18H,6-10H2,1-2H3,(H2,21,22,23,24). The monoisotopic (exact) mass is 342 g/mol. The highest BCUT2D eigenvalue weighted by atomic mass is 32.1. The Hall–Kier alpha value is -1.42. The second-order valence-corrected chi connectivity index (χ2v) is 8.67. The lowest BCUT2D eigenvalue weighted by Crippen LogP contribution is -2.57. The second kappa shape index (κ2) is 6.14. The van der Waals surface area contributed by atoms with Crippen molar-refractivity contribution >= 4 is 23.2 Å². The summed E-state index contributed by atoms with van der Waals surface area (Å²) in [4.78, 5) is 12.5. The predicted molar refractivity (Wildman–Crippen MR) is 99.9 cm³/mol. The van der Waals surface area contributed by atoms with E-state index in [9.17, 15) is 4.79 Å². The van der Waals surface area contributed by atoms with Gasteiger partial charge in [-0.25, -0.2) is 0 Å². The summed E-state index contributed by atoms with van der Waals surface area (Å²) in [6.07, 6.45) is 6.83. The number of hydrogen-bond donors (Lipinski definition) is 2. The van der Waals surface area contributed by atoms with Crippen LogP contribution < -0.4 is 10.6 Å². The highest BCUT2D eigenvalue weighted by Gasteiger charge is 2.48. The molecule has 0 spiro atoms. The van der Waals surface area contributed by atoms with E-state index in [1.165, 1.54) is 32.1 Å². The third-order valence-electron chi connectivity index (χ3n) is 6.24. The molecule has 1 aromatic rings. The van der Waals surface area contributed by atoms with Gasteiger partial charge in [0, 0.05) is 11.6 Å². The average molecular weight is 343 g/mol. The van der Waals surface area contributed by atoms with Crippen molar-refractivity contribution in [2.75, 3.05) is 0 Å². The third kappa shape index (κ3) is 3.08. The van der Waals surface area contributed by atoms with Gasteiger partial charge >= 0.3 is 0 Å². The molecule has 4 aliphatic carbocycles. The molecule has 4 bridgehead atoms. The molecule has 128 valence electrons. The fourth-order valence-corrected chi connectivity index (χ4v) is 5.86. The van der Waals surface area contributed by atoms with E-state index in [2.05, 4.69) is 16.7 Å². The number of carbonyl (C=O) groups is 1. The molecule has 4 saturated carbocycles. The quantitative estimate of drug-likeness (QED) is 0.805. The summed E-state index contributed by atoms with van der Waals surface area (Å²) in [6, 6.07) is 6.36. The lowest BCUT2D eigenvalue weighted by atomic mass is 9.54. The fraction of sp³-hybridized carbons (Fsp3) is 0.600. The van der Waals surface area contributed by atoms with Gasteiger partial charge in [0.15, 0.2) is 5.11 Å². The maximum atomic E-state index is 12.5. The molecule has 5 rings (SSSR count). The number of carbonyl (C=O) groups excluding carboxylic acids is 1. The molecule has 3 nitrogen and oxygen atoms in total. The van der Waals surface area contributed by atoms with Crippen molar-refractivity contribution < 1.29 is 4.79 Å². The van der Waals surface area contributed by atoms with Crippen LogP contribution in [0, 0.1) is 37.5 Å². The summed E-state index contributed by atoms with van der Waals surface area (Å²) >= 11 is 5.45. The van der Waals surface area contributed by atoms with Gasteiger partial charge in [0.1, 0.15) is 0 Å². The lowest BCUT2D eigenvalue weighted by Gasteiger charge is -2.54. The van der Waals surface area contributed by atoms with Gasteiger partial charge in [0.2, 0.25) is 0 Å². The van der Waals surface area contributed by atoms with E-state index in [1.54, 1.807) is 0 Å². The number of rotatable bonds is 2. The molecule has 0 aliphatic heterocycles. The van der Waals surface area contributed by atoms with E-state index in [1.807, 2.05) is 26.0 Å². The molecule has 0 atom stereocenters. The first-order valence-corrected chi connectivity index (χ1v) is 9.59. The summed E-state index contributed by atoms with van der Waals surface area (Å²) in [5.41, 5.74) is 2.88. The number of nitrogens with one attached hydrogen (secondary N) is 2. The van der Waals surface area contributed by atoms with Gasteiger partial charge < -0.3 is 5.32 Å². The van der Waals surface area contributed by atoms with Crippen LogP contribution >= 0.6 is 12.2 Å². The normalized spacial score (nSPS) is 33.3. The van der Waals surface area contributed by atoms with Crippen molar-refractivity contribution in [3.05, 3.63) is 34.9 Å². The highest BCUT2D eigenvalue weighted by molar-refractivity contribution is 7.80.